The lowest BCUT2D eigenvalue weighted by molar-refractivity contribution is 0.102. The predicted octanol–water partition coefficient (Wildman–Crippen LogP) is 0.205. The average molecular weight is 400 g/mol. The Labute approximate surface area is 164 Å². The smallest absolute Gasteiger partial charge is 0.332 e. The number of benzene rings is 1. The first kappa shape index (κ1) is 19.9. The van der Waals surface area contributed by atoms with E-state index in [9.17, 15) is 19.2 Å². The van der Waals surface area contributed by atoms with Gasteiger partial charge in [0.2, 0.25) is 0 Å². The Bertz CT molecular complexity index is 1320. The molecule has 10 heteroatoms. The number of nitrogens with one attached hydrogen (secondary N) is 1. The van der Waals surface area contributed by atoms with E-state index in [0.717, 1.165) is 19.8 Å². The number of amides is 1. The summed E-state index contributed by atoms with van der Waals surface area (Å²) in [5, 5.41) is 2.60. The summed E-state index contributed by atoms with van der Waals surface area (Å²) in [6.45, 7) is 0. The molecular weight excluding hydrogens is 380 g/mol. The lowest BCUT2D eigenvalue weighted by Gasteiger charge is -2.15. The number of hydrogen-bond donors (Lipinski definition) is 1. The first-order valence-corrected chi connectivity index (χ1v) is 8.54. The molecule has 1 amide bonds. The van der Waals surface area contributed by atoms with E-state index in [1.54, 1.807) is 18.2 Å². The number of methoxy groups -OCH3 is 2. The monoisotopic (exact) mass is 400 g/mol. The van der Waals surface area contributed by atoms with Crippen LogP contribution in [0.1, 0.15) is 10.4 Å². The minimum absolute atomic E-state index is 0.0453. The third kappa shape index (κ3) is 3.18. The van der Waals surface area contributed by atoms with Crippen molar-refractivity contribution >= 4 is 22.6 Å². The van der Waals surface area contributed by atoms with Crippen LogP contribution < -0.4 is 31.6 Å². The standard InChI is InChI=1S/C19H20N4O6/c1-21-14(24)9-11(15-17(21)22(2)19(27)23(3)18(15)26)16(25)20-12-8-10(28-4)6-7-13(12)29-5/h6-9H,1-5H3,(H,20,25). The highest BCUT2D eigenvalue weighted by molar-refractivity contribution is 6.12. The van der Waals surface area contributed by atoms with Crippen LogP contribution in [0.2, 0.25) is 0 Å². The summed E-state index contributed by atoms with van der Waals surface area (Å²) in [5.74, 6) is 0.149. The molecule has 29 heavy (non-hydrogen) atoms. The maximum absolute atomic E-state index is 13.0. The molecule has 3 rings (SSSR count). The van der Waals surface area contributed by atoms with Gasteiger partial charge >= 0.3 is 5.69 Å². The van der Waals surface area contributed by atoms with Gasteiger partial charge in [-0.15, -0.1) is 0 Å². The number of aryl methyl sites for hydroxylation is 2. The van der Waals surface area contributed by atoms with Crippen LogP contribution in [-0.2, 0) is 21.1 Å². The van der Waals surface area contributed by atoms with Crippen molar-refractivity contribution in [2.75, 3.05) is 19.5 Å². The summed E-state index contributed by atoms with van der Waals surface area (Å²) < 4.78 is 13.6. The van der Waals surface area contributed by atoms with Crippen LogP contribution in [-0.4, -0.2) is 33.8 Å². The first-order valence-electron chi connectivity index (χ1n) is 8.54. The van der Waals surface area contributed by atoms with Gasteiger partial charge in [0.1, 0.15) is 17.1 Å². The molecule has 0 unspecified atom stereocenters. The number of nitrogens with zero attached hydrogens (tertiary/aromatic N) is 3. The molecule has 2 heterocycles. The Hall–Kier alpha value is -3.82. The summed E-state index contributed by atoms with van der Waals surface area (Å²) >= 11 is 0. The van der Waals surface area contributed by atoms with Gasteiger partial charge in [0.15, 0.2) is 0 Å². The normalized spacial score (nSPS) is 10.8. The fourth-order valence-electron chi connectivity index (χ4n) is 3.14. The zero-order valence-electron chi connectivity index (χ0n) is 16.6. The summed E-state index contributed by atoms with van der Waals surface area (Å²) in [4.78, 5) is 50.5. The van der Waals surface area contributed by atoms with Crippen LogP contribution in [0, 0.1) is 0 Å². The zero-order valence-corrected chi connectivity index (χ0v) is 16.6. The predicted molar refractivity (Wildman–Crippen MR) is 107 cm³/mol. The van der Waals surface area contributed by atoms with Gasteiger partial charge in [0, 0.05) is 33.3 Å². The summed E-state index contributed by atoms with van der Waals surface area (Å²) in [5.41, 5.74) is -1.63. The summed E-state index contributed by atoms with van der Waals surface area (Å²) in [6, 6.07) is 5.89. The molecular formula is C19H20N4O6. The van der Waals surface area contributed by atoms with Crippen LogP contribution in [0.3, 0.4) is 0 Å². The van der Waals surface area contributed by atoms with Gasteiger partial charge in [-0.25, -0.2) is 4.79 Å². The van der Waals surface area contributed by atoms with Gasteiger partial charge in [0.25, 0.3) is 17.0 Å². The molecule has 0 radical (unpaired) electrons. The van der Waals surface area contributed by atoms with Gasteiger partial charge in [-0.3, -0.25) is 28.1 Å². The molecule has 10 nitrogen and oxygen atoms in total. The van der Waals surface area contributed by atoms with E-state index in [1.807, 2.05) is 0 Å². The number of carbonyl (C=O) groups is 1. The minimum atomic E-state index is -0.699. The SMILES string of the molecule is COc1ccc(OC)c(NC(=O)c2cc(=O)n(C)c3c2c(=O)n(C)c(=O)n3C)c1. The number of carbonyl (C=O) groups excluding carboxylic acids is 1. The van der Waals surface area contributed by atoms with Crippen molar-refractivity contribution in [3.05, 3.63) is 61.0 Å². The van der Waals surface area contributed by atoms with Crippen molar-refractivity contribution in [2.24, 2.45) is 21.1 Å². The number of aromatic nitrogens is 3. The number of pyridine rings is 1. The number of anilines is 1. The Balaban J connectivity index is 2.28. The van der Waals surface area contributed by atoms with Crippen LogP contribution in [0.5, 0.6) is 11.5 Å². The number of ether oxygens (including phenoxy) is 2. The number of rotatable bonds is 4. The topological polar surface area (TPSA) is 114 Å². The maximum atomic E-state index is 13.0. The van der Waals surface area contributed by atoms with E-state index in [1.165, 1.54) is 35.4 Å². The Morgan fingerprint density at radius 3 is 2.24 bits per heavy atom. The average Bonchev–Trinajstić information content (AvgIpc) is 2.71. The highest BCUT2D eigenvalue weighted by Gasteiger charge is 2.21. The second kappa shape index (κ2) is 7.30. The van der Waals surface area contributed by atoms with E-state index in [4.69, 9.17) is 9.47 Å². The Morgan fingerprint density at radius 1 is 0.931 bits per heavy atom. The third-order valence-corrected chi connectivity index (χ3v) is 4.72. The zero-order chi connectivity index (χ0) is 21.5. The summed E-state index contributed by atoms with van der Waals surface area (Å²) in [7, 11) is 7.08. The fourth-order valence-corrected chi connectivity index (χ4v) is 3.14. The van der Waals surface area contributed by atoms with Crippen molar-refractivity contribution in [3.63, 3.8) is 0 Å². The minimum Gasteiger partial charge on any atom is -0.497 e. The molecule has 0 saturated heterocycles. The molecule has 0 aliphatic rings. The van der Waals surface area contributed by atoms with E-state index in [0.29, 0.717) is 17.2 Å². The molecule has 0 saturated carbocycles. The van der Waals surface area contributed by atoms with Gasteiger partial charge in [0.05, 0.1) is 30.9 Å². The van der Waals surface area contributed by atoms with Gasteiger partial charge in [-0.1, -0.05) is 0 Å². The van der Waals surface area contributed by atoms with Crippen LogP contribution in [0.15, 0.2) is 38.6 Å². The second-order valence-electron chi connectivity index (χ2n) is 6.38. The second-order valence-corrected chi connectivity index (χ2v) is 6.38. The summed E-state index contributed by atoms with van der Waals surface area (Å²) in [6.07, 6.45) is 0. The molecule has 3 aromatic rings. The third-order valence-electron chi connectivity index (χ3n) is 4.72. The first-order chi connectivity index (χ1) is 13.7. The molecule has 1 N–H and O–H groups in total. The van der Waals surface area contributed by atoms with E-state index >= 15 is 0 Å². The Morgan fingerprint density at radius 2 is 1.62 bits per heavy atom. The quantitative estimate of drug-likeness (QED) is 0.670. The van der Waals surface area contributed by atoms with Crippen LogP contribution >= 0.6 is 0 Å². The van der Waals surface area contributed by atoms with Crippen molar-refractivity contribution in [1.29, 1.82) is 0 Å². The lowest BCUT2D eigenvalue weighted by Crippen LogP contribution is -2.40. The van der Waals surface area contributed by atoms with Crippen molar-refractivity contribution in [3.8, 4) is 11.5 Å². The highest BCUT2D eigenvalue weighted by atomic mass is 16.5. The van der Waals surface area contributed by atoms with Gasteiger partial charge in [-0.05, 0) is 12.1 Å². The molecule has 2 aromatic heterocycles. The lowest BCUT2D eigenvalue weighted by atomic mass is 10.1. The maximum Gasteiger partial charge on any atom is 0.332 e. The molecule has 0 spiro atoms. The van der Waals surface area contributed by atoms with E-state index < -0.39 is 22.7 Å². The van der Waals surface area contributed by atoms with Crippen LogP contribution in [0.25, 0.3) is 11.0 Å². The van der Waals surface area contributed by atoms with Crippen molar-refractivity contribution in [1.82, 2.24) is 13.7 Å². The fraction of sp³-hybridized carbons (Fsp3) is 0.263. The number of hydrogen-bond acceptors (Lipinski definition) is 6. The largest absolute Gasteiger partial charge is 0.497 e. The molecule has 0 bridgehead atoms. The van der Waals surface area contributed by atoms with Gasteiger partial charge in [-0.2, -0.15) is 0 Å². The highest BCUT2D eigenvalue weighted by Crippen LogP contribution is 2.29. The Kier molecular flexibility index (Phi) is 5.02. The van der Waals surface area contributed by atoms with Gasteiger partial charge < -0.3 is 14.8 Å². The molecule has 0 aliphatic heterocycles. The van der Waals surface area contributed by atoms with E-state index in [2.05, 4.69) is 5.32 Å². The van der Waals surface area contributed by atoms with Crippen LogP contribution in [0.4, 0.5) is 5.69 Å². The molecule has 0 atom stereocenters. The van der Waals surface area contributed by atoms with Crippen molar-refractivity contribution in [2.45, 2.75) is 0 Å². The molecule has 1 aromatic carbocycles. The van der Waals surface area contributed by atoms with Crippen molar-refractivity contribution < 1.29 is 14.3 Å². The molecule has 0 aliphatic carbocycles. The molecule has 0 fully saturated rings. The molecule has 152 valence electrons. The number of fused-ring (bicyclic) bond motifs is 1. The van der Waals surface area contributed by atoms with E-state index in [-0.39, 0.29) is 16.6 Å².